The minimum absolute atomic E-state index is 0.00400. The monoisotopic (exact) mass is 328 g/mol. The summed E-state index contributed by atoms with van der Waals surface area (Å²) >= 11 is 0. The fraction of sp³-hybridized carbons (Fsp3) is 0.556. The molecule has 0 aromatic carbocycles. The van der Waals surface area contributed by atoms with Gasteiger partial charge >= 0.3 is 0 Å². The van der Waals surface area contributed by atoms with Crippen molar-refractivity contribution in [3.63, 3.8) is 0 Å². The van der Waals surface area contributed by atoms with E-state index in [4.69, 9.17) is 4.52 Å². The SMILES string of the molecule is Cc1cc(C)nc(C2CCN(C(=O)c3c(C(C)C)noc3C)C2)n1. The Kier molecular flexibility index (Phi) is 4.39. The minimum atomic E-state index is 0.00400. The molecule has 128 valence electrons. The number of carbonyl (C=O) groups is 1. The van der Waals surface area contributed by atoms with Gasteiger partial charge in [-0.1, -0.05) is 19.0 Å². The Hall–Kier alpha value is -2.24. The first-order chi connectivity index (χ1) is 11.4. The van der Waals surface area contributed by atoms with Crippen molar-refractivity contribution in [2.24, 2.45) is 0 Å². The van der Waals surface area contributed by atoms with Gasteiger partial charge in [0.1, 0.15) is 17.1 Å². The minimum Gasteiger partial charge on any atom is -0.361 e. The van der Waals surface area contributed by atoms with E-state index in [0.717, 1.165) is 29.3 Å². The summed E-state index contributed by atoms with van der Waals surface area (Å²) in [5.41, 5.74) is 3.30. The van der Waals surface area contributed by atoms with Crippen LogP contribution in [0.25, 0.3) is 0 Å². The lowest BCUT2D eigenvalue weighted by Crippen LogP contribution is -2.29. The number of hydrogen-bond acceptors (Lipinski definition) is 5. The molecule has 2 aromatic heterocycles. The van der Waals surface area contributed by atoms with Gasteiger partial charge in [-0.2, -0.15) is 0 Å². The van der Waals surface area contributed by atoms with Gasteiger partial charge < -0.3 is 9.42 Å². The number of nitrogens with zero attached hydrogens (tertiary/aromatic N) is 4. The molecule has 0 spiro atoms. The summed E-state index contributed by atoms with van der Waals surface area (Å²) in [7, 11) is 0. The first kappa shape index (κ1) is 16.6. The van der Waals surface area contributed by atoms with Crippen LogP contribution in [-0.2, 0) is 0 Å². The number of aromatic nitrogens is 3. The lowest BCUT2D eigenvalue weighted by Gasteiger charge is -2.17. The molecule has 2 aromatic rings. The summed E-state index contributed by atoms with van der Waals surface area (Å²) in [6, 6.07) is 1.97. The molecule has 3 rings (SSSR count). The van der Waals surface area contributed by atoms with Crippen molar-refractivity contribution in [3.8, 4) is 0 Å². The van der Waals surface area contributed by atoms with E-state index >= 15 is 0 Å². The molecule has 1 aliphatic heterocycles. The molecular formula is C18H24N4O2. The summed E-state index contributed by atoms with van der Waals surface area (Å²) in [5, 5.41) is 4.06. The number of aryl methyl sites for hydroxylation is 3. The predicted molar refractivity (Wildman–Crippen MR) is 90.1 cm³/mol. The van der Waals surface area contributed by atoms with E-state index in [9.17, 15) is 4.79 Å². The Bertz CT molecular complexity index is 746. The zero-order valence-corrected chi connectivity index (χ0v) is 15.0. The van der Waals surface area contributed by atoms with Crippen molar-refractivity contribution in [1.82, 2.24) is 20.0 Å². The van der Waals surface area contributed by atoms with Crippen molar-refractivity contribution >= 4 is 5.91 Å². The third-order valence-electron chi connectivity index (χ3n) is 4.49. The highest BCUT2D eigenvalue weighted by molar-refractivity contribution is 5.96. The number of carbonyl (C=O) groups excluding carboxylic acids is 1. The molecule has 6 nitrogen and oxygen atoms in total. The zero-order chi connectivity index (χ0) is 17.4. The fourth-order valence-electron chi connectivity index (χ4n) is 3.29. The molecule has 1 unspecified atom stereocenters. The van der Waals surface area contributed by atoms with Crippen LogP contribution in [0.4, 0.5) is 0 Å². The standard InChI is InChI=1S/C18H24N4O2/c1-10(2)16-15(13(5)24-21-16)18(23)22-7-6-14(9-22)17-19-11(3)8-12(4)20-17/h8,10,14H,6-7,9H2,1-5H3. The van der Waals surface area contributed by atoms with Crippen LogP contribution in [0, 0.1) is 20.8 Å². The first-order valence-electron chi connectivity index (χ1n) is 8.44. The van der Waals surface area contributed by atoms with E-state index in [1.807, 2.05) is 38.7 Å². The predicted octanol–water partition coefficient (Wildman–Crippen LogP) is 3.14. The Morgan fingerprint density at radius 3 is 2.54 bits per heavy atom. The van der Waals surface area contributed by atoms with Crippen molar-refractivity contribution in [2.45, 2.75) is 52.9 Å². The van der Waals surface area contributed by atoms with Gasteiger partial charge in [-0.15, -0.1) is 0 Å². The van der Waals surface area contributed by atoms with E-state index in [1.54, 1.807) is 6.92 Å². The molecule has 0 aliphatic carbocycles. The summed E-state index contributed by atoms with van der Waals surface area (Å²) < 4.78 is 5.26. The molecule has 0 bridgehead atoms. The van der Waals surface area contributed by atoms with Crippen molar-refractivity contribution in [3.05, 3.63) is 40.3 Å². The maximum Gasteiger partial charge on any atom is 0.259 e. The molecule has 1 fully saturated rings. The Balaban J connectivity index is 1.81. The van der Waals surface area contributed by atoms with Crippen LogP contribution < -0.4 is 0 Å². The first-order valence-corrected chi connectivity index (χ1v) is 8.44. The van der Waals surface area contributed by atoms with Crippen LogP contribution in [0.2, 0.25) is 0 Å². The van der Waals surface area contributed by atoms with Crippen LogP contribution in [0.1, 0.15) is 71.1 Å². The molecule has 1 amide bonds. The quantitative estimate of drug-likeness (QED) is 0.865. The van der Waals surface area contributed by atoms with Gasteiger partial charge in [0.25, 0.3) is 5.91 Å². The summed E-state index contributed by atoms with van der Waals surface area (Å²) in [5.74, 6) is 1.78. The van der Waals surface area contributed by atoms with Gasteiger partial charge in [-0.25, -0.2) is 9.97 Å². The highest BCUT2D eigenvalue weighted by atomic mass is 16.5. The number of likely N-dealkylation sites (tertiary alicyclic amines) is 1. The Morgan fingerprint density at radius 1 is 1.25 bits per heavy atom. The molecule has 3 heterocycles. The normalized spacial score (nSPS) is 17.8. The maximum absolute atomic E-state index is 13.0. The third kappa shape index (κ3) is 3.05. The lowest BCUT2D eigenvalue weighted by molar-refractivity contribution is 0.0787. The number of rotatable bonds is 3. The van der Waals surface area contributed by atoms with Crippen LogP contribution in [0.15, 0.2) is 10.6 Å². The van der Waals surface area contributed by atoms with Crippen LogP contribution in [-0.4, -0.2) is 39.0 Å². The average molecular weight is 328 g/mol. The largest absolute Gasteiger partial charge is 0.361 e. The molecule has 0 N–H and O–H groups in total. The Morgan fingerprint density at radius 2 is 1.92 bits per heavy atom. The van der Waals surface area contributed by atoms with E-state index in [0.29, 0.717) is 24.4 Å². The van der Waals surface area contributed by atoms with Crippen LogP contribution in [0.5, 0.6) is 0 Å². The van der Waals surface area contributed by atoms with Crippen molar-refractivity contribution in [2.75, 3.05) is 13.1 Å². The van der Waals surface area contributed by atoms with Crippen molar-refractivity contribution < 1.29 is 9.32 Å². The van der Waals surface area contributed by atoms with Gasteiger partial charge in [0.2, 0.25) is 0 Å². The number of hydrogen-bond donors (Lipinski definition) is 0. The highest BCUT2D eigenvalue weighted by Gasteiger charge is 2.33. The average Bonchev–Trinajstić information content (AvgIpc) is 3.12. The smallest absolute Gasteiger partial charge is 0.259 e. The maximum atomic E-state index is 13.0. The van der Waals surface area contributed by atoms with E-state index in [-0.39, 0.29) is 17.7 Å². The molecule has 1 atom stereocenters. The molecule has 24 heavy (non-hydrogen) atoms. The summed E-state index contributed by atoms with van der Waals surface area (Å²) in [6.45, 7) is 11.1. The van der Waals surface area contributed by atoms with Gasteiger partial charge in [0.05, 0.1) is 5.69 Å². The second kappa shape index (κ2) is 6.34. The zero-order valence-electron chi connectivity index (χ0n) is 15.0. The van der Waals surface area contributed by atoms with E-state index in [2.05, 4.69) is 15.1 Å². The van der Waals surface area contributed by atoms with E-state index < -0.39 is 0 Å². The number of amides is 1. The highest BCUT2D eigenvalue weighted by Crippen LogP contribution is 2.29. The van der Waals surface area contributed by atoms with Crippen LogP contribution >= 0.6 is 0 Å². The van der Waals surface area contributed by atoms with Crippen molar-refractivity contribution in [1.29, 1.82) is 0 Å². The van der Waals surface area contributed by atoms with Gasteiger partial charge in [0.15, 0.2) is 0 Å². The van der Waals surface area contributed by atoms with Gasteiger partial charge in [-0.05, 0) is 39.2 Å². The molecule has 1 aliphatic rings. The molecule has 1 saturated heterocycles. The van der Waals surface area contributed by atoms with Gasteiger partial charge in [-0.3, -0.25) is 4.79 Å². The lowest BCUT2D eigenvalue weighted by atomic mass is 10.0. The fourth-order valence-corrected chi connectivity index (χ4v) is 3.29. The molecule has 0 saturated carbocycles. The third-order valence-corrected chi connectivity index (χ3v) is 4.49. The second-order valence-corrected chi connectivity index (χ2v) is 6.90. The van der Waals surface area contributed by atoms with Gasteiger partial charge in [0, 0.05) is 30.4 Å². The summed E-state index contributed by atoms with van der Waals surface area (Å²) in [4.78, 5) is 23.9. The molecule has 6 heteroatoms. The molecule has 0 radical (unpaired) electrons. The van der Waals surface area contributed by atoms with E-state index in [1.165, 1.54) is 0 Å². The Labute approximate surface area is 142 Å². The summed E-state index contributed by atoms with van der Waals surface area (Å²) in [6.07, 6.45) is 0.885. The topological polar surface area (TPSA) is 72.1 Å². The van der Waals surface area contributed by atoms with Crippen LogP contribution in [0.3, 0.4) is 0 Å². The molecular weight excluding hydrogens is 304 g/mol. The second-order valence-electron chi connectivity index (χ2n) is 6.90.